The average Bonchev–Trinajstić information content (AvgIpc) is 2.48. The van der Waals surface area contributed by atoms with E-state index in [1.807, 2.05) is 49.4 Å². The number of aryl methyl sites for hydroxylation is 2. The van der Waals surface area contributed by atoms with Crippen LogP contribution in [0.25, 0.3) is 0 Å². The number of thioether (sulfide) groups is 1. The molecular formula is C17H20N2OS. The summed E-state index contributed by atoms with van der Waals surface area (Å²) in [5, 5.41) is 3.02. The number of carbonyl (C=O) groups is 1. The highest BCUT2D eigenvalue weighted by Crippen LogP contribution is 2.25. The topological polar surface area (TPSA) is 55.1 Å². The van der Waals surface area contributed by atoms with Crippen LogP contribution < -0.4 is 11.1 Å². The van der Waals surface area contributed by atoms with Crippen molar-refractivity contribution in [1.82, 2.24) is 0 Å². The summed E-state index contributed by atoms with van der Waals surface area (Å²) in [5.74, 6) is 0.346. The van der Waals surface area contributed by atoms with Gasteiger partial charge >= 0.3 is 0 Å². The van der Waals surface area contributed by atoms with Crippen LogP contribution in [0.2, 0.25) is 0 Å². The van der Waals surface area contributed by atoms with Crippen molar-refractivity contribution in [2.24, 2.45) is 0 Å². The van der Waals surface area contributed by atoms with Crippen molar-refractivity contribution in [2.75, 3.05) is 16.8 Å². The first-order chi connectivity index (χ1) is 10.1. The van der Waals surface area contributed by atoms with Gasteiger partial charge in [0, 0.05) is 16.3 Å². The molecule has 0 saturated carbocycles. The minimum atomic E-state index is -0.00717. The van der Waals surface area contributed by atoms with Crippen molar-refractivity contribution < 1.29 is 4.79 Å². The summed E-state index contributed by atoms with van der Waals surface area (Å²) in [6, 6.07) is 13.7. The average molecular weight is 300 g/mol. The van der Waals surface area contributed by atoms with Crippen molar-refractivity contribution in [3.05, 3.63) is 53.6 Å². The van der Waals surface area contributed by atoms with E-state index >= 15 is 0 Å². The normalized spacial score (nSPS) is 10.4. The standard InChI is InChI=1S/C17H20N2OS/c1-3-13-8-6-7-12(2)17(13)19-16(20)11-21-15-10-5-4-9-14(15)18/h4-10H,3,11,18H2,1-2H3,(H,19,20). The molecule has 2 aromatic carbocycles. The van der Waals surface area contributed by atoms with Crippen LogP contribution in [0, 0.1) is 6.92 Å². The van der Waals surface area contributed by atoms with E-state index in [1.165, 1.54) is 11.8 Å². The molecule has 0 radical (unpaired) electrons. The molecule has 2 rings (SSSR count). The Bertz CT molecular complexity index is 640. The van der Waals surface area contributed by atoms with Crippen molar-refractivity contribution in [1.29, 1.82) is 0 Å². The van der Waals surface area contributed by atoms with Crippen molar-refractivity contribution in [3.63, 3.8) is 0 Å². The Kier molecular flexibility index (Phi) is 5.28. The van der Waals surface area contributed by atoms with E-state index < -0.39 is 0 Å². The Labute approximate surface area is 129 Å². The highest BCUT2D eigenvalue weighted by molar-refractivity contribution is 8.00. The van der Waals surface area contributed by atoms with Crippen molar-refractivity contribution >= 4 is 29.0 Å². The Hall–Kier alpha value is -1.94. The molecule has 0 aliphatic carbocycles. The van der Waals surface area contributed by atoms with E-state index in [0.29, 0.717) is 11.4 Å². The SMILES string of the molecule is CCc1cccc(C)c1NC(=O)CSc1ccccc1N. The van der Waals surface area contributed by atoms with Crippen molar-refractivity contribution in [3.8, 4) is 0 Å². The van der Waals surface area contributed by atoms with Crippen LogP contribution in [0.4, 0.5) is 11.4 Å². The maximum atomic E-state index is 12.1. The number of benzene rings is 2. The first kappa shape index (κ1) is 15.4. The van der Waals surface area contributed by atoms with Gasteiger partial charge < -0.3 is 11.1 Å². The molecule has 0 bridgehead atoms. The lowest BCUT2D eigenvalue weighted by molar-refractivity contribution is -0.113. The molecule has 21 heavy (non-hydrogen) atoms. The number of anilines is 2. The minimum absolute atomic E-state index is 0.00717. The van der Waals surface area contributed by atoms with Gasteiger partial charge in [-0.25, -0.2) is 0 Å². The second-order valence-electron chi connectivity index (χ2n) is 4.84. The quantitative estimate of drug-likeness (QED) is 0.651. The fraction of sp³-hybridized carbons (Fsp3) is 0.235. The lowest BCUT2D eigenvalue weighted by atomic mass is 10.1. The van der Waals surface area contributed by atoms with Crippen molar-refractivity contribution in [2.45, 2.75) is 25.2 Å². The van der Waals surface area contributed by atoms with Crippen LogP contribution >= 0.6 is 11.8 Å². The maximum Gasteiger partial charge on any atom is 0.234 e. The smallest absolute Gasteiger partial charge is 0.234 e. The van der Waals surface area contributed by atoms with Gasteiger partial charge in [0.05, 0.1) is 5.75 Å². The molecule has 0 heterocycles. The zero-order valence-corrected chi connectivity index (χ0v) is 13.2. The van der Waals surface area contributed by atoms with Crippen LogP contribution in [0.5, 0.6) is 0 Å². The van der Waals surface area contributed by atoms with E-state index in [0.717, 1.165) is 28.1 Å². The largest absolute Gasteiger partial charge is 0.398 e. The summed E-state index contributed by atoms with van der Waals surface area (Å²) in [6.45, 7) is 4.10. The number of nitrogen functional groups attached to an aromatic ring is 1. The predicted molar refractivity (Wildman–Crippen MR) is 90.8 cm³/mol. The third-order valence-electron chi connectivity index (χ3n) is 3.28. The first-order valence-corrected chi connectivity index (χ1v) is 7.96. The van der Waals surface area contributed by atoms with E-state index in [2.05, 4.69) is 12.2 Å². The molecule has 0 fully saturated rings. The highest BCUT2D eigenvalue weighted by atomic mass is 32.2. The third kappa shape index (κ3) is 4.02. The van der Waals surface area contributed by atoms with Gasteiger partial charge in [-0.2, -0.15) is 0 Å². The lowest BCUT2D eigenvalue weighted by Crippen LogP contribution is -2.16. The predicted octanol–water partition coefficient (Wildman–Crippen LogP) is 3.87. The monoisotopic (exact) mass is 300 g/mol. The molecule has 0 aliphatic heterocycles. The van der Waals surface area contributed by atoms with Gasteiger partial charge in [-0.1, -0.05) is 37.3 Å². The molecular weight excluding hydrogens is 280 g/mol. The number of nitrogens with two attached hydrogens (primary N) is 1. The van der Waals surface area contributed by atoms with Gasteiger partial charge in [0.25, 0.3) is 0 Å². The summed E-state index contributed by atoms with van der Waals surface area (Å²) in [6.07, 6.45) is 0.899. The summed E-state index contributed by atoms with van der Waals surface area (Å²) >= 11 is 1.46. The van der Waals surface area contributed by atoms with E-state index in [4.69, 9.17) is 5.73 Å². The van der Waals surface area contributed by atoms with E-state index in [9.17, 15) is 4.79 Å². The van der Waals surface area contributed by atoms with Crippen LogP contribution in [0.15, 0.2) is 47.4 Å². The number of amides is 1. The van der Waals surface area contributed by atoms with E-state index in [1.54, 1.807) is 0 Å². The van der Waals surface area contributed by atoms with Crippen LogP contribution in [-0.4, -0.2) is 11.7 Å². The van der Waals surface area contributed by atoms with E-state index in [-0.39, 0.29) is 5.91 Å². The molecule has 0 spiro atoms. The van der Waals surface area contributed by atoms with Gasteiger partial charge in [0.2, 0.25) is 5.91 Å². The lowest BCUT2D eigenvalue weighted by Gasteiger charge is -2.13. The second kappa shape index (κ2) is 7.18. The number of rotatable bonds is 5. The van der Waals surface area contributed by atoms with Crippen LogP contribution in [-0.2, 0) is 11.2 Å². The Balaban J connectivity index is 2.01. The second-order valence-corrected chi connectivity index (χ2v) is 5.85. The van der Waals surface area contributed by atoms with Gasteiger partial charge in [-0.15, -0.1) is 11.8 Å². The molecule has 2 aromatic rings. The molecule has 0 saturated heterocycles. The molecule has 0 atom stereocenters. The Morgan fingerprint density at radius 2 is 1.95 bits per heavy atom. The summed E-state index contributed by atoms with van der Waals surface area (Å²) in [4.78, 5) is 13.1. The highest BCUT2D eigenvalue weighted by Gasteiger charge is 2.09. The molecule has 0 aliphatic rings. The number of hydrogen-bond donors (Lipinski definition) is 2. The van der Waals surface area contributed by atoms with Gasteiger partial charge in [-0.3, -0.25) is 4.79 Å². The summed E-state index contributed by atoms with van der Waals surface area (Å²) in [7, 11) is 0. The van der Waals surface area contributed by atoms with Gasteiger partial charge in [-0.05, 0) is 36.6 Å². The fourth-order valence-corrected chi connectivity index (χ4v) is 2.90. The molecule has 1 amide bonds. The fourth-order valence-electron chi connectivity index (χ4n) is 2.13. The third-order valence-corrected chi connectivity index (χ3v) is 4.37. The number of nitrogens with one attached hydrogen (secondary N) is 1. The molecule has 3 nitrogen and oxygen atoms in total. The zero-order chi connectivity index (χ0) is 15.2. The molecule has 0 unspecified atom stereocenters. The minimum Gasteiger partial charge on any atom is -0.398 e. The molecule has 110 valence electrons. The maximum absolute atomic E-state index is 12.1. The van der Waals surface area contributed by atoms with Crippen LogP contribution in [0.3, 0.4) is 0 Å². The Morgan fingerprint density at radius 1 is 1.19 bits per heavy atom. The van der Waals surface area contributed by atoms with Gasteiger partial charge in [0.15, 0.2) is 0 Å². The number of para-hydroxylation sites is 2. The number of carbonyl (C=O) groups excluding carboxylic acids is 1. The van der Waals surface area contributed by atoms with Crippen LogP contribution in [0.1, 0.15) is 18.1 Å². The van der Waals surface area contributed by atoms with Gasteiger partial charge in [0.1, 0.15) is 0 Å². The summed E-state index contributed by atoms with van der Waals surface area (Å²) < 4.78 is 0. The zero-order valence-electron chi connectivity index (χ0n) is 12.3. The Morgan fingerprint density at radius 3 is 2.67 bits per heavy atom. The molecule has 4 heteroatoms. The summed E-state index contributed by atoms with van der Waals surface area (Å²) in [5.41, 5.74) is 9.77. The number of hydrogen-bond acceptors (Lipinski definition) is 3. The molecule has 0 aromatic heterocycles. The molecule has 3 N–H and O–H groups in total. The first-order valence-electron chi connectivity index (χ1n) is 6.97.